The maximum atomic E-state index is 13.4. The highest BCUT2D eigenvalue weighted by Gasteiger charge is 2.30. The average Bonchev–Trinajstić information content (AvgIpc) is 2.89. The predicted octanol–water partition coefficient (Wildman–Crippen LogP) is 2.77. The lowest BCUT2D eigenvalue weighted by Gasteiger charge is -2.27. The highest BCUT2D eigenvalue weighted by atomic mass is 35.5. The first-order valence-corrected chi connectivity index (χ1v) is 13.6. The van der Waals surface area contributed by atoms with E-state index in [1.54, 1.807) is 23.9 Å². The summed E-state index contributed by atoms with van der Waals surface area (Å²) in [7, 11) is 0. The lowest BCUT2D eigenvalue weighted by atomic mass is 9.97. The Morgan fingerprint density at radius 1 is 0.946 bits per heavy atom. The molecule has 204 valence electrons. The molecule has 0 saturated carbocycles. The maximum absolute atomic E-state index is 13.4. The van der Waals surface area contributed by atoms with Gasteiger partial charge in [-0.3, -0.25) is 14.4 Å². The van der Waals surface area contributed by atoms with Crippen molar-refractivity contribution in [1.29, 1.82) is 0 Å². The van der Waals surface area contributed by atoms with Crippen LogP contribution >= 0.6 is 24.2 Å². The summed E-state index contributed by atoms with van der Waals surface area (Å²) in [6.07, 6.45) is 3.28. The van der Waals surface area contributed by atoms with E-state index in [4.69, 9.17) is 5.73 Å². The smallest absolute Gasteiger partial charge is 0.243 e. The number of thioether (sulfide) groups is 1. The van der Waals surface area contributed by atoms with Crippen molar-refractivity contribution in [2.45, 2.75) is 57.8 Å². The van der Waals surface area contributed by atoms with E-state index in [2.05, 4.69) is 16.0 Å². The SMILES string of the molecule is CC[C@H](C)[C@H](NC(=O)[C@H](Cc1ccc(O)cc1)NC(=O)[C@@H](N)CCSC)C(=O)NCc1ccccc1.Cl. The van der Waals surface area contributed by atoms with Gasteiger partial charge in [-0.25, -0.2) is 0 Å². The van der Waals surface area contributed by atoms with Crippen molar-refractivity contribution < 1.29 is 19.5 Å². The Labute approximate surface area is 230 Å². The predicted molar refractivity (Wildman–Crippen MR) is 152 cm³/mol. The van der Waals surface area contributed by atoms with Gasteiger partial charge in [0.15, 0.2) is 0 Å². The molecule has 0 saturated heterocycles. The molecule has 8 nitrogen and oxygen atoms in total. The van der Waals surface area contributed by atoms with Crippen LogP contribution in [0.2, 0.25) is 0 Å². The van der Waals surface area contributed by atoms with E-state index in [0.717, 1.165) is 16.9 Å². The van der Waals surface area contributed by atoms with Gasteiger partial charge in [0.05, 0.1) is 6.04 Å². The van der Waals surface area contributed by atoms with Gasteiger partial charge in [0.2, 0.25) is 17.7 Å². The standard InChI is InChI=1S/C27H38N4O4S.ClH/c1-4-18(2)24(27(35)29-17-20-8-6-5-7-9-20)31-26(34)23(16-19-10-12-21(32)13-11-19)30-25(33)22(28)14-15-36-3;/h5-13,18,22-24,32H,4,14-17,28H2,1-3H3,(H,29,35)(H,30,33)(H,31,34);1H/t18-,22-,23-,24-;/m0./s1. The lowest BCUT2D eigenvalue weighted by molar-refractivity contribution is -0.133. The number of hydrogen-bond acceptors (Lipinski definition) is 6. The summed E-state index contributed by atoms with van der Waals surface area (Å²) in [5.41, 5.74) is 7.73. The molecule has 0 unspecified atom stereocenters. The number of nitrogens with two attached hydrogens (primary N) is 1. The molecular formula is C27H39ClN4O4S. The van der Waals surface area contributed by atoms with E-state index in [0.29, 0.717) is 19.4 Å². The van der Waals surface area contributed by atoms with E-state index >= 15 is 0 Å². The third-order valence-corrected chi connectivity index (χ3v) is 6.73. The summed E-state index contributed by atoms with van der Waals surface area (Å²) in [6, 6.07) is 13.5. The molecule has 0 heterocycles. The van der Waals surface area contributed by atoms with Crippen LogP contribution in [0.4, 0.5) is 0 Å². The van der Waals surface area contributed by atoms with Crippen molar-refractivity contribution in [3.63, 3.8) is 0 Å². The van der Waals surface area contributed by atoms with Crippen LogP contribution in [-0.2, 0) is 27.3 Å². The molecule has 0 aliphatic heterocycles. The number of hydrogen-bond donors (Lipinski definition) is 5. The van der Waals surface area contributed by atoms with Crippen LogP contribution in [0.5, 0.6) is 5.75 Å². The number of aromatic hydroxyl groups is 1. The van der Waals surface area contributed by atoms with Crippen LogP contribution in [0.25, 0.3) is 0 Å². The zero-order valence-electron chi connectivity index (χ0n) is 21.6. The number of phenols is 1. The van der Waals surface area contributed by atoms with Crippen molar-refractivity contribution in [2.75, 3.05) is 12.0 Å². The average molecular weight is 551 g/mol. The molecular weight excluding hydrogens is 512 g/mol. The summed E-state index contributed by atoms with van der Waals surface area (Å²) in [4.78, 5) is 39.2. The number of halogens is 1. The second-order valence-electron chi connectivity index (χ2n) is 8.89. The molecule has 3 amide bonds. The largest absolute Gasteiger partial charge is 0.508 e. The van der Waals surface area contributed by atoms with Gasteiger partial charge >= 0.3 is 0 Å². The number of nitrogens with one attached hydrogen (secondary N) is 3. The number of benzene rings is 2. The fraction of sp³-hybridized carbons (Fsp3) is 0.444. The fourth-order valence-corrected chi connectivity index (χ4v) is 4.07. The number of carbonyl (C=O) groups is 3. The van der Waals surface area contributed by atoms with E-state index in [-0.39, 0.29) is 36.4 Å². The van der Waals surface area contributed by atoms with Crippen molar-refractivity contribution in [3.05, 3.63) is 65.7 Å². The minimum Gasteiger partial charge on any atom is -0.508 e. The van der Waals surface area contributed by atoms with Gasteiger partial charge in [-0.05, 0) is 47.6 Å². The minimum atomic E-state index is -0.934. The fourth-order valence-electron chi connectivity index (χ4n) is 3.58. The van der Waals surface area contributed by atoms with Crippen molar-refractivity contribution in [2.24, 2.45) is 11.7 Å². The molecule has 6 N–H and O–H groups in total. The highest BCUT2D eigenvalue weighted by Crippen LogP contribution is 2.13. The second kappa shape index (κ2) is 16.9. The molecule has 0 aliphatic carbocycles. The molecule has 4 atom stereocenters. The molecule has 0 aromatic heterocycles. The van der Waals surface area contributed by atoms with E-state index < -0.39 is 29.9 Å². The van der Waals surface area contributed by atoms with E-state index in [9.17, 15) is 19.5 Å². The number of phenolic OH excluding ortho intramolecular Hbond substituents is 1. The van der Waals surface area contributed by atoms with Crippen LogP contribution in [0.3, 0.4) is 0 Å². The molecule has 2 aromatic rings. The van der Waals surface area contributed by atoms with Gasteiger partial charge in [0.25, 0.3) is 0 Å². The topological polar surface area (TPSA) is 134 Å². The van der Waals surface area contributed by atoms with E-state index in [1.807, 2.05) is 50.4 Å². The van der Waals surface area contributed by atoms with Gasteiger partial charge in [-0.2, -0.15) is 11.8 Å². The van der Waals surface area contributed by atoms with Gasteiger partial charge in [0.1, 0.15) is 17.8 Å². The Kier molecular flexibility index (Phi) is 14.7. The normalized spacial score (nSPS) is 13.8. The van der Waals surface area contributed by atoms with Crippen molar-refractivity contribution >= 4 is 41.9 Å². The third-order valence-electron chi connectivity index (χ3n) is 6.08. The van der Waals surface area contributed by atoms with Crippen LogP contribution in [-0.4, -0.2) is 53.0 Å². The zero-order chi connectivity index (χ0) is 26.5. The first-order valence-electron chi connectivity index (χ1n) is 12.2. The molecule has 0 aliphatic rings. The van der Waals surface area contributed by atoms with Gasteiger partial charge < -0.3 is 26.8 Å². The molecule has 0 fully saturated rings. The quantitative estimate of drug-likeness (QED) is 0.245. The first-order chi connectivity index (χ1) is 17.2. The van der Waals surface area contributed by atoms with Crippen LogP contribution in [0.1, 0.15) is 37.8 Å². The van der Waals surface area contributed by atoms with Crippen LogP contribution in [0.15, 0.2) is 54.6 Å². The number of carbonyl (C=O) groups excluding carboxylic acids is 3. The maximum Gasteiger partial charge on any atom is 0.243 e. The Morgan fingerprint density at radius 2 is 1.59 bits per heavy atom. The number of rotatable bonds is 14. The van der Waals surface area contributed by atoms with E-state index in [1.165, 1.54) is 12.1 Å². The Bertz CT molecular complexity index is 978. The van der Waals surface area contributed by atoms with Crippen molar-refractivity contribution in [3.8, 4) is 5.75 Å². The second-order valence-corrected chi connectivity index (χ2v) is 9.88. The van der Waals surface area contributed by atoms with Crippen LogP contribution < -0.4 is 21.7 Å². The Balaban J connectivity index is 0.00000684. The van der Waals surface area contributed by atoms with Gasteiger partial charge in [0, 0.05) is 13.0 Å². The summed E-state index contributed by atoms with van der Waals surface area (Å²) >= 11 is 1.59. The van der Waals surface area contributed by atoms with Gasteiger partial charge in [-0.15, -0.1) is 12.4 Å². The molecule has 37 heavy (non-hydrogen) atoms. The molecule has 0 spiro atoms. The van der Waals surface area contributed by atoms with Crippen LogP contribution in [0, 0.1) is 5.92 Å². The molecule has 0 radical (unpaired) electrons. The zero-order valence-corrected chi connectivity index (χ0v) is 23.2. The molecule has 0 bridgehead atoms. The summed E-state index contributed by atoms with van der Waals surface area (Å²) in [6.45, 7) is 4.20. The molecule has 10 heteroatoms. The Hall–Kier alpha value is -2.75. The summed E-state index contributed by atoms with van der Waals surface area (Å²) in [5.74, 6) is -0.465. The third kappa shape index (κ3) is 11.0. The van der Waals surface area contributed by atoms with Crippen molar-refractivity contribution in [1.82, 2.24) is 16.0 Å². The monoisotopic (exact) mass is 550 g/mol. The molecule has 2 aromatic carbocycles. The minimum absolute atomic E-state index is 0. The first kappa shape index (κ1) is 32.3. The van der Waals surface area contributed by atoms with Gasteiger partial charge in [-0.1, -0.05) is 62.7 Å². The summed E-state index contributed by atoms with van der Waals surface area (Å²) < 4.78 is 0. The number of amides is 3. The Morgan fingerprint density at radius 3 is 2.19 bits per heavy atom. The lowest BCUT2D eigenvalue weighted by Crippen LogP contribution is -2.57. The summed E-state index contributed by atoms with van der Waals surface area (Å²) in [5, 5.41) is 18.1. The highest BCUT2D eigenvalue weighted by molar-refractivity contribution is 7.98. The molecule has 2 rings (SSSR count).